The molecule has 3 aromatic rings. The van der Waals surface area contributed by atoms with Crippen LogP contribution in [0.5, 0.6) is 11.5 Å². The summed E-state index contributed by atoms with van der Waals surface area (Å²) in [5, 5.41) is 6.38. The molecule has 7 nitrogen and oxygen atoms in total. The molecule has 0 saturated carbocycles. The van der Waals surface area contributed by atoms with Gasteiger partial charge in [-0.1, -0.05) is 6.07 Å². The van der Waals surface area contributed by atoms with E-state index in [1.807, 2.05) is 0 Å². The number of halogens is 2. The van der Waals surface area contributed by atoms with Crippen LogP contribution in [0.4, 0.5) is 25.0 Å². The van der Waals surface area contributed by atoms with Gasteiger partial charge in [-0.05, 0) is 42.8 Å². The third-order valence-corrected chi connectivity index (χ3v) is 3.87. The highest BCUT2D eigenvalue weighted by Gasteiger charge is 2.12. The predicted octanol–water partition coefficient (Wildman–Crippen LogP) is 4.46. The van der Waals surface area contributed by atoms with Gasteiger partial charge in [-0.3, -0.25) is 9.78 Å². The zero-order chi connectivity index (χ0) is 24.2. The number of rotatable bonds is 5. The van der Waals surface area contributed by atoms with E-state index in [0.29, 0.717) is 0 Å². The molecule has 0 aliphatic rings. The molecule has 0 bridgehead atoms. The average molecular weight is 415 g/mol. The second-order valence-electron chi connectivity index (χ2n) is 6.14. The number of benzene rings is 2. The van der Waals surface area contributed by atoms with Gasteiger partial charge in [0.1, 0.15) is 28.8 Å². The number of pyridine rings is 1. The molecule has 1 heterocycles. The molecule has 0 unspecified atom stereocenters. The number of carbonyl (C=O) groups excluding carboxylic acids is 2. The van der Waals surface area contributed by atoms with Crippen LogP contribution in [0.15, 0.2) is 54.7 Å². The number of hydrogen-bond donors (Lipinski definition) is 3. The van der Waals surface area contributed by atoms with Gasteiger partial charge < -0.3 is 20.7 Å². The van der Waals surface area contributed by atoms with Crippen molar-refractivity contribution in [3.8, 4) is 11.5 Å². The number of aromatic nitrogens is 1. The summed E-state index contributed by atoms with van der Waals surface area (Å²) in [6, 6.07) is 9.50. The lowest BCUT2D eigenvalue weighted by molar-refractivity contribution is 0.0958. The topological polar surface area (TPSA) is 92.4 Å². The van der Waals surface area contributed by atoms with Gasteiger partial charge >= 0.3 is 6.03 Å². The molecule has 0 fully saturated rings. The van der Waals surface area contributed by atoms with Gasteiger partial charge in [0.2, 0.25) is 0 Å². The molecule has 30 heavy (non-hydrogen) atoms. The van der Waals surface area contributed by atoms with Gasteiger partial charge in [-0.25, -0.2) is 13.6 Å². The summed E-state index contributed by atoms with van der Waals surface area (Å²) in [6.45, 7) is -0.953. The number of anilines is 2. The zero-order valence-electron chi connectivity index (χ0n) is 18.6. The Bertz CT molecular complexity index is 1210. The van der Waals surface area contributed by atoms with Crippen molar-refractivity contribution in [3.05, 3.63) is 77.6 Å². The Kier molecular flexibility index (Phi) is 5.07. The number of urea groups is 1. The highest BCUT2D eigenvalue weighted by molar-refractivity contribution is 6.00. The zero-order valence-corrected chi connectivity index (χ0v) is 15.6. The van der Waals surface area contributed by atoms with E-state index in [9.17, 15) is 18.4 Å². The maximum atomic E-state index is 14.5. The molecule has 0 aliphatic heterocycles. The van der Waals surface area contributed by atoms with Crippen molar-refractivity contribution in [2.24, 2.45) is 0 Å². The van der Waals surface area contributed by atoms with E-state index in [1.165, 1.54) is 42.6 Å². The van der Waals surface area contributed by atoms with E-state index < -0.39 is 30.5 Å². The van der Waals surface area contributed by atoms with E-state index >= 15 is 0 Å². The first-order valence-electron chi connectivity index (χ1n) is 10.1. The Balaban J connectivity index is 1.67. The monoisotopic (exact) mass is 415 g/mol. The summed E-state index contributed by atoms with van der Waals surface area (Å²) in [5.41, 5.74) is 0.293. The molecule has 9 heteroatoms. The number of nitrogens with one attached hydrogen (secondary N) is 3. The number of aryl methyl sites for hydroxylation is 1. The van der Waals surface area contributed by atoms with Crippen LogP contribution in [0, 0.1) is 18.6 Å². The van der Waals surface area contributed by atoms with E-state index in [1.54, 1.807) is 18.3 Å². The Morgan fingerprint density at radius 1 is 0.967 bits per heavy atom. The van der Waals surface area contributed by atoms with Crippen molar-refractivity contribution in [1.82, 2.24) is 10.3 Å². The molecular formula is C21H18F2N4O3. The lowest BCUT2D eigenvalue weighted by Crippen LogP contribution is -2.20. The van der Waals surface area contributed by atoms with Crippen LogP contribution in [-0.2, 0) is 0 Å². The van der Waals surface area contributed by atoms with Crippen LogP contribution < -0.4 is 20.7 Å². The smallest absolute Gasteiger partial charge is 0.323 e. The van der Waals surface area contributed by atoms with Crippen LogP contribution in [0.25, 0.3) is 0 Å². The number of ether oxygens (including phenoxy) is 1. The third-order valence-electron chi connectivity index (χ3n) is 3.87. The van der Waals surface area contributed by atoms with Crippen LogP contribution in [-0.4, -0.2) is 23.9 Å². The molecular weight excluding hydrogens is 394 g/mol. The Labute approximate surface area is 175 Å². The first kappa shape index (κ1) is 16.9. The molecule has 0 atom stereocenters. The van der Waals surface area contributed by atoms with Crippen LogP contribution >= 0.6 is 0 Å². The average Bonchev–Trinajstić information content (AvgIpc) is 2.72. The number of carbonyl (C=O) groups is 2. The second kappa shape index (κ2) is 8.99. The van der Waals surface area contributed by atoms with Gasteiger partial charge in [0.25, 0.3) is 5.91 Å². The third kappa shape index (κ3) is 5.07. The summed E-state index contributed by atoms with van der Waals surface area (Å²) in [6.07, 6.45) is 1.23. The molecule has 154 valence electrons. The summed E-state index contributed by atoms with van der Waals surface area (Å²) in [7, 11) is 0. The van der Waals surface area contributed by atoms with Crippen LogP contribution in [0.3, 0.4) is 0 Å². The lowest BCUT2D eigenvalue weighted by atomic mass is 10.2. The first-order chi connectivity index (χ1) is 15.5. The highest BCUT2D eigenvalue weighted by Crippen LogP contribution is 2.26. The Morgan fingerprint density at radius 2 is 1.73 bits per heavy atom. The quantitative estimate of drug-likeness (QED) is 0.574. The van der Waals surface area contributed by atoms with Crippen molar-refractivity contribution in [2.75, 3.05) is 17.6 Å². The van der Waals surface area contributed by atoms with Crippen molar-refractivity contribution < 1.29 is 27.2 Å². The molecule has 0 aliphatic carbocycles. The van der Waals surface area contributed by atoms with E-state index in [4.69, 9.17) is 8.85 Å². The van der Waals surface area contributed by atoms with E-state index in [2.05, 4.69) is 15.6 Å². The highest BCUT2D eigenvalue weighted by atomic mass is 19.1. The first-order valence-corrected chi connectivity index (χ1v) is 8.60. The molecule has 3 N–H and O–H groups in total. The summed E-state index contributed by atoms with van der Waals surface area (Å²) in [4.78, 5) is 27.8. The van der Waals surface area contributed by atoms with Crippen LogP contribution in [0.2, 0.25) is 0 Å². The number of hydrogen-bond acceptors (Lipinski definition) is 4. The standard InChI is InChI=1S/C21H18F2N4O3/c1-12-3-5-15(22)18(9-12)27-21(29)26-17-6-4-13(10-16(17)23)30-14-7-8-25-19(11-14)20(28)24-2/h3-11H,1-2H3,(H,24,28)(H2,26,27,29)/i2D3. The van der Waals surface area contributed by atoms with Gasteiger partial charge in [-0.2, -0.15) is 0 Å². The lowest BCUT2D eigenvalue weighted by Gasteiger charge is -2.11. The summed E-state index contributed by atoms with van der Waals surface area (Å²) >= 11 is 0. The van der Waals surface area contributed by atoms with Gasteiger partial charge in [0, 0.05) is 29.4 Å². The second-order valence-corrected chi connectivity index (χ2v) is 6.14. The van der Waals surface area contributed by atoms with Gasteiger partial charge in [0.15, 0.2) is 0 Å². The van der Waals surface area contributed by atoms with Gasteiger partial charge in [0.05, 0.1) is 11.4 Å². The fourth-order valence-electron chi connectivity index (χ4n) is 2.47. The predicted molar refractivity (Wildman–Crippen MR) is 108 cm³/mol. The maximum absolute atomic E-state index is 14.5. The Morgan fingerprint density at radius 3 is 2.50 bits per heavy atom. The SMILES string of the molecule is [2H]C([2H])([2H])NC(=O)c1cc(Oc2ccc(NC(=O)Nc3cc(C)ccc3F)c(F)c2)ccn1. The van der Waals surface area contributed by atoms with Crippen molar-refractivity contribution in [3.63, 3.8) is 0 Å². The molecule has 0 saturated heterocycles. The Hall–Kier alpha value is -4.01. The molecule has 0 radical (unpaired) electrons. The molecule has 2 aromatic carbocycles. The minimum Gasteiger partial charge on any atom is -0.457 e. The molecule has 1 aromatic heterocycles. The van der Waals surface area contributed by atoms with Crippen molar-refractivity contribution in [1.29, 1.82) is 0 Å². The molecule has 0 spiro atoms. The number of nitrogens with zero attached hydrogens (tertiary/aromatic N) is 1. The summed E-state index contributed by atoms with van der Waals surface area (Å²) < 4.78 is 54.9. The minimum atomic E-state index is -2.68. The fourth-order valence-corrected chi connectivity index (χ4v) is 2.47. The largest absolute Gasteiger partial charge is 0.457 e. The number of amides is 3. The van der Waals surface area contributed by atoms with Crippen LogP contribution in [0.1, 0.15) is 20.2 Å². The normalized spacial score (nSPS) is 12.2. The van der Waals surface area contributed by atoms with Crippen molar-refractivity contribution in [2.45, 2.75) is 6.92 Å². The van der Waals surface area contributed by atoms with Crippen molar-refractivity contribution >= 4 is 23.3 Å². The van der Waals surface area contributed by atoms with Gasteiger partial charge in [-0.15, -0.1) is 0 Å². The fraction of sp³-hybridized carbons (Fsp3) is 0.0952. The van der Waals surface area contributed by atoms with E-state index in [0.717, 1.165) is 11.6 Å². The minimum absolute atomic E-state index is 0.0385. The summed E-state index contributed by atoms with van der Waals surface area (Å²) in [5.74, 6) is -2.25. The molecule has 3 amide bonds. The maximum Gasteiger partial charge on any atom is 0.323 e. The van der Waals surface area contributed by atoms with E-state index in [-0.39, 0.29) is 28.6 Å². The molecule has 3 rings (SSSR count).